The molecule has 3 nitrogen and oxygen atoms in total. The van der Waals surface area contributed by atoms with Crippen molar-refractivity contribution < 1.29 is 4.79 Å². The summed E-state index contributed by atoms with van der Waals surface area (Å²) >= 11 is 5.92. The zero-order valence-electron chi connectivity index (χ0n) is 13.2. The van der Waals surface area contributed by atoms with Crippen LogP contribution in [-0.2, 0) is 0 Å². The number of halogens is 1. The summed E-state index contributed by atoms with van der Waals surface area (Å²) < 4.78 is 0. The Morgan fingerprint density at radius 1 is 1.04 bits per heavy atom. The summed E-state index contributed by atoms with van der Waals surface area (Å²) in [6.45, 7) is 2.16. The van der Waals surface area contributed by atoms with E-state index in [-0.39, 0.29) is 5.91 Å². The van der Waals surface area contributed by atoms with E-state index < -0.39 is 0 Å². The Labute approximate surface area is 142 Å². The average Bonchev–Trinajstić information content (AvgIpc) is 2.58. The first-order chi connectivity index (χ1) is 11.2. The van der Waals surface area contributed by atoms with Gasteiger partial charge in [-0.1, -0.05) is 67.4 Å². The second kappa shape index (κ2) is 9.01. The highest BCUT2D eigenvalue weighted by Gasteiger charge is 2.07. The maximum absolute atomic E-state index is 12.2. The summed E-state index contributed by atoms with van der Waals surface area (Å²) in [5.41, 5.74) is 8.22. The number of hydrazine groups is 1. The second-order valence-electron chi connectivity index (χ2n) is 5.22. The molecule has 0 radical (unpaired) electrons. The van der Waals surface area contributed by atoms with Crippen LogP contribution in [0, 0.1) is 0 Å². The lowest BCUT2D eigenvalue weighted by molar-refractivity contribution is 0.0942. The number of carbonyl (C=O) groups excluding carboxylic acids is 1. The number of amides is 1. The summed E-state index contributed by atoms with van der Waals surface area (Å²) in [4.78, 5) is 12.2. The number of benzene rings is 2. The van der Waals surface area contributed by atoms with E-state index in [2.05, 4.69) is 23.9 Å². The lowest BCUT2D eigenvalue weighted by Crippen LogP contribution is -2.36. The predicted octanol–water partition coefficient (Wildman–Crippen LogP) is 4.81. The molecule has 0 bridgehead atoms. The Hall–Kier alpha value is -2.26. The Bertz CT molecular complexity index is 668. The van der Waals surface area contributed by atoms with Gasteiger partial charge >= 0.3 is 0 Å². The molecule has 0 aromatic heterocycles. The molecule has 2 N–H and O–H groups in total. The first-order valence-electron chi connectivity index (χ1n) is 7.78. The number of hydrogen-bond acceptors (Lipinski definition) is 2. The zero-order chi connectivity index (χ0) is 16.5. The van der Waals surface area contributed by atoms with Crippen molar-refractivity contribution in [2.75, 3.05) is 0 Å². The highest BCUT2D eigenvalue weighted by molar-refractivity contribution is 6.30. The molecule has 1 amide bonds. The fraction of sp³-hybridized carbons (Fsp3) is 0.211. The molecule has 0 aliphatic rings. The van der Waals surface area contributed by atoms with Gasteiger partial charge < -0.3 is 0 Å². The molecule has 0 aliphatic carbocycles. The van der Waals surface area contributed by atoms with Gasteiger partial charge in [0.25, 0.3) is 5.91 Å². The van der Waals surface area contributed by atoms with Crippen molar-refractivity contribution in [1.82, 2.24) is 10.9 Å². The maximum atomic E-state index is 12.2. The molecule has 23 heavy (non-hydrogen) atoms. The van der Waals surface area contributed by atoms with Crippen molar-refractivity contribution in [2.45, 2.75) is 26.2 Å². The van der Waals surface area contributed by atoms with E-state index in [4.69, 9.17) is 11.6 Å². The molecule has 0 fully saturated rings. The van der Waals surface area contributed by atoms with Crippen LogP contribution in [0.25, 0.3) is 5.70 Å². The summed E-state index contributed by atoms with van der Waals surface area (Å²) in [6, 6.07) is 16.8. The molecule has 0 atom stereocenters. The van der Waals surface area contributed by atoms with Gasteiger partial charge in [0.1, 0.15) is 0 Å². The second-order valence-corrected chi connectivity index (χ2v) is 5.65. The number of hydrogen-bond donors (Lipinski definition) is 2. The van der Waals surface area contributed by atoms with Crippen LogP contribution in [0.4, 0.5) is 0 Å². The fourth-order valence-electron chi connectivity index (χ4n) is 2.14. The molecule has 2 rings (SSSR count). The van der Waals surface area contributed by atoms with Gasteiger partial charge in [0, 0.05) is 10.6 Å². The third-order valence-corrected chi connectivity index (χ3v) is 3.62. The van der Waals surface area contributed by atoms with E-state index in [1.807, 2.05) is 30.3 Å². The maximum Gasteiger partial charge on any atom is 0.269 e. The van der Waals surface area contributed by atoms with Crippen molar-refractivity contribution in [3.63, 3.8) is 0 Å². The molecule has 0 saturated heterocycles. The van der Waals surface area contributed by atoms with Gasteiger partial charge in [0.05, 0.1) is 5.70 Å². The van der Waals surface area contributed by atoms with E-state index in [0.29, 0.717) is 10.6 Å². The van der Waals surface area contributed by atoms with Crippen molar-refractivity contribution in [1.29, 1.82) is 0 Å². The predicted molar refractivity (Wildman–Crippen MR) is 96.0 cm³/mol. The lowest BCUT2D eigenvalue weighted by Gasteiger charge is -2.13. The summed E-state index contributed by atoms with van der Waals surface area (Å²) in [5, 5.41) is 0.541. The molecule has 0 spiro atoms. The molecule has 2 aromatic carbocycles. The molecule has 0 heterocycles. The molecular formula is C19H21ClN2O. The van der Waals surface area contributed by atoms with Crippen LogP contribution in [0.15, 0.2) is 60.7 Å². The molecular weight excluding hydrogens is 308 g/mol. The van der Waals surface area contributed by atoms with E-state index >= 15 is 0 Å². The van der Waals surface area contributed by atoms with Gasteiger partial charge in [-0.25, -0.2) is 0 Å². The van der Waals surface area contributed by atoms with E-state index in [9.17, 15) is 4.79 Å². The highest BCUT2D eigenvalue weighted by Crippen LogP contribution is 2.13. The Morgan fingerprint density at radius 3 is 2.48 bits per heavy atom. The highest BCUT2D eigenvalue weighted by atomic mass is 35.5. The van der Waals surface area contributed by atoms with Crippen LogP contribution in [0.2, 0.25) is 5.02 Å². The Kier molecular flexibility index (Phi) is 6.70. The van der Waals surface area contributed by atoms with Crippen LogP contribution in [0.3, 0.4) is 0 Å². The first-order valence-corrected chi connectivity index (χ1v) is 8.16. The number of carbonyl (C=O) groups is 1. The van der Waals surface area contributed by atoms with Crippen molar-refractivity contribution in [3.05, 3.63) is 76.8 Å². The third-order valence-electron chi connectivity index (χ3n) is 3.39. The quantitative estimate of drug-likeness (QED) is 0.566. The standard InChI is InChI=1S/C19H21ClN2O/c1-2-3-5-13-18(15-9-6-4-7-10-15)21-22-19(23)16-11-8-12-17(20)14-16/h4,6-14,21H,2-3,5H2,1H3,(H,22,23)/b18-13-. The Balaban J connectivity index is 2.06. The first kappa shape index (κ1) is 17.1. The van der Waals surface area contributed by atoms with Gasteiger partial charge in [-0.15, -0.1) is 0 Å². The fourth-order valence-corrected chi connectivity index (χ4v) is 2.33. The molecule has 0 unspecified atom stereocenters. The minimum Gasteiger partial charge on any atom is -0.298 e. The molecule has 0 aliphatic heterocycles. The molecule has 120 valence electrons. The number of rotatable bonds is 7. The van der Waals surface area contributed by atoms with Gasteiger partial charge in [-0.2, -0.15) is 0 Å². The van der Waals surface area contributed by atoms with Gasteiger partial charge in [-0.3, -0.25) is 15.6 Å². The lowest BCUT2D eigenvalue weighted by atomic mass is 10.1. The van der Waals surface area contributed by atoms with Crippen LogP contribution >= 0.6 is 11.6 Å². The topological polar surface area (TPSA) is 41.1 Å². The van der Waals surface area contributed by atoms with Crippen molar-refractivity contribution >= 4 is 23.2 Å². The minimum atomic E-state index is -0.218. The molecule has 4 heteroatoms. The van der Waals surface area contributed by atoms with E-state index in [0.717, 1.165) is 30.5 Å². The monoisotopic (exact) mass is 328 g/mol. The third kappa shape index (κ3) is 5.46. The van der Waals surface area contributed by atoms with Crippen molar-refractivity contribution in [2.24, 2.45) is 0 Å². The van der Waals surface area contributed by atoms with Crippen LogP contribution in [0.1, 0.15) is 42.1 Å². The number of allylic oxidation sites excluding steroid dienone is 1. The largest absolute Gasteiger partial charge is 0.298 e. The molecule has 0 saturated carbocycles. The van der Waals surface area contributed by atoms with Gasteiger partial charge in [0.15, 0.2) is 0 Å². The summed E-state index contributed by atoms with van der Waals surface area (Å²) in [6.07, 6.45) is 5.31. The summed E-state index contributed by atoms with van der Waals surface area (Å²) in [7, 11) is 0. The molecule has 2 aromatic rings. The van der Waals surface area contributed by atoms with E-state index in [1.165, 1.54) is 0 Å². The van der Waals surface area contributed by atoms with Crippen LogP contribution < -0.4 is 10.9 Å². The van der Waals surface area contributed by atoms with Gasteiger partial charge in [-0.05, 0) is 36.6 Å². The Morgan fingerprint density at radius 2 is 1.78 bits per heavy atom. The normalized spacial score (nSPS) is 11.1. The van der Waals surface area contributed by atoms with Crippen LogP contribution in [0.5, 0.6) is 0 Å². The SMILES string of the molecule is CCCC/C=C(\NNC(=O)c1cccc(Cl)c1)c1ccccc1. The van der Waals surface area contributed by atoms with Gasteiger partial charge in [0.2, 0.25) is 0 Å². The summed E-state index contributed by atoms with van der Waals surface area (Å²) in [5.74, 6) is -0.218. The smallest absolute Gasteiger partial charge is 0.269 e. The van der Waals surface area contributed by atoms with Crippen LogP contribution in [-0.4, -0.2) is 5.91 Å². The number of nitrogens with one attached hydrogen (secondary N) is 2. The zero-order valence-corrected chi connectivity index (χ0v) is 13.9. The van der Waals surface area contributed by atoms with E-state index in [1.54, 1.807) is 24.3 Å². The minimum absolute atomic E-state index is 0.218. The number of unbranched alkanes of at least 4 members (excludes halogenated alkanes) is 2. The average molecular weight is 329 g/mol. The van der Waals surface area contributed by atoms with Crippen molar-refractivity contribution in [3.8, 4) is 0 Å².